The normalized spacial score (nSPS) is 20.5. The van der Waals surface area contributed by atoms with Gasteiger partial charge in [-0.1, -0.05) is 22.9 Å². The highest BCUT2D eigenvalue weighted by atomic mass is 35.5. The zero-order valence-electron chi connectivity index (χ0n) is 17.6. The van der Waals surface area contributed by atoms with Gasteiger partial charge in [0.2, 0.25) is 5.91 Å². The summed E-state index contributed by atoms with van der Waals surface area (Å²) in [6, 6.07) is 7.67. The maximum Gasteiger partial charge on any atom is 0.252 e. The number of benzene rings is 1. The van der Waals surface area contributed by atoms with Crippen LogP contribution < -0.4 is 4.90 Å². The van der Waals surface area contributed by atoms with Gasteiger partial charge in [0.1, 0.15) is 10.0 Å². The molecule has 2 saturated heterocycles. The number of halogens is 2. The lowest BCUT2D eigenvalue weighted by Gasteiger charge is -2.38. The van der Waals surface area contributed by atoms with Crippen molar-refractivity contribution in [3.63, 3.8) is 0 Å². The summed E-state index contributed by atoms with van der Waals surface area (Å²) in [5.74, 6) is -0.620. The molecule has 0 radical (unpaired) electrons. The van der Waals surface area contributed by atoms with E-state index in [2.05, 4.69) is 9.88 Å². The Hall–Kier alpha value is -1.79. The van der Waals surface area contributed by atoms with Crippen molar-refractivity contribution >= 4 is 65.6 Å². The van der Waals surface area contributed by atoms with E-state index >= 15 is 0 Å². The first-order valence-corrected chi connectivity index (χ1v) is 14.1. The van der Waals surface area contributed by atoms with Gasteiger partial charge in [-0.2, -0.15) is 4.31 Å². The van der Waals surface area contributed by atoms with Crippen molar-refractivity contribution in [2.75, 3.05) is 44.2 Å². The molecule has 1 amide bonds. The van der Waals surface area contributed by atoms with Crippen LogP contribution in [0, 0.1) is 11.7 Å². The molecule has 1 atom stereocenters. The Morgan fingerprint density at radius 3 is 2.61 bits per heavy atom. The molecule has 2 aliphatic heterocycles. The lowest BCUT2D eigenvalue weighted by atomic mass is 9.98. The number of piperidine rings is 1. The third-order valence-electron chi connectivity index (χ3n) is 6.08. The van der Waals surface area contributed by atoms with Crippen LogP contribution in [0.15, 0.2) is 34.5 Å². The highest BCUT2D eigenvalue weighted by Gasteiger charge is 2.36. The van der Waals surface area contributed by atoms with Crippen LogP contribution in [0.3, 0.4) is 0 Å². The largest absolute Gasteiger partial charge is 0.345 e. The molecule has 0 saturated carbocycles. The van der Waals surface area contributed by atoms with Gasteiger partial charge in [0.05, 0.1) is 20.5 Å². The Morgan fingerprint density at radius 1 is 1.09 bits per heavy atom. The minimum atomic E-state index is -3.64. The second-order valence-corrected chi connectivity index (χ2v) is 13.1. The van der Waals surface area contributed by atoms with E-state index in [4.69, 9.17) is 11.6 Å². The van der Waals surface area contributed by atoms with Gasteiger partial charge in [-0.05, 0) is 43.2 Å². The molecule has 1 aromatic carbocycles. The molecule has 176 valence electrons. The smallest absolute Gasteiger partial charge is 0.252 e. The van der Waals surface area contributed by atoms with Crippen LogP contribution in [0.1, 0.15) is 12.8 Å². The first kappa shape index (κ1) is 23.0. The highest BCUT2D eigenvalue weighted by Crippen LogP contribution is 2.32. The number of hydrogen-bond acceptors (Lipinski definition) is 7. The fourth-order valence-corrected chi connectivity index (χ4v) is 8.53. The summed E-state index contributed by atoms with van der Waals surface area (Å²) in [7, 11) is -3.64. The Balaban J connectivity index is 1.22. The van der Waals surface area contributed by atoms with Crippen molar-refractivity contribution in [2.24, 2.45) is 5.92 Å². The lowest BCUT2D eigenvalue weighted by molar-refractivity contribution is -0.137. The predicted molar refractivity (Wildman–Crippen MR) is 129 cm³/mol. The SMILES string of the molecule is O=C(C1CCCN(S(=O)(=O)c2ccc(Cl)s2)C1)N1CCN(c2nc3ccc(F)cc3s2)CC1. The molecule has 2 aromatic heterocycles. The minimum absolute atomic E-state index is 0.00475. The first-order valence-electron chi connectivity index (χ1n) is 10.7. The van der Waals surface area contributed by atoms with Crippen molar-refractivity contribution < 1.29 is 17.6 Å². The summed E-state index contributed by atoms with van der Waals surface area (Å²) >= 11 is 8.41. The van der Waals surface area contributed by atoms with Gasteiger partial charge < -0.3 is 9.80 Å². The predicted octanol–water partition coefficient (Wildman–Crippen LogP) is 3.90. The van der Waals surface area contributed by atoms with Crippen LogP contribution in [0.25, 0.3) is 10.2 Å². The zero-order chi connectivity index (χ0) is 23.2. The lowest BCUT2D eigenvalue weighted by Crippen LogP contribution is -2.53. The molecule has 7 nitrogen and oxygen atoms in total. The quantitative estimate of drug-likeness (QED) is 0.513. The third-order valence-corrected chi connectivity index (χ3v) is 10.7. The molecule has 3 aromatic rings. The van der Waals surface area contributed by atoms with E-state index in [1.165, 1.54) is 33.8 Å². The van der Waals surface area contributed by atoms with Gasteiger partial charge in [0, 0.05) is 39.3 Å². The number of nitrogens with zero attached hydrogens (tertiary/aromatic N) is 4. The van der Waals surface area contributed by atoms with E-state index in [0.29, 0.717) is 49.9 Å². The minimum Gasteiger partial charge on any atom is -0.345 e. The third kappa shape index (κ3) is 4.61. The van der Waals surface area contributed by atoms with Crippen molar-refractivity contribution in [3.05, 3.63) is 40.5 Å². The maximum absolute atomic E-state index is 13.5. The molecule has 5 rings (SSSR count). The second kappa shape index (κ2) is 9.10. The molecular formula is C21H22ClFN4O3S3. The molecule has 2 aliphatic rings. The molecule has 0 N–H and O–H groups in total. The molecule has 12 heteroatoms. The number of aromatic nitrogens is 1. The molecule has 1 unspecified atom stereocenters. The number of carbonyl (C=O) groups excluding carboxylic acids is 1. The van der Waals surface area contributed by atoms with Gasteiger partial charge in [0.15, 0.2) is 5.13 Å². The van der Waals surface area contributed by atoms with Crippen molar-refractivity contribution in [3.8, 4) is 0 Å². The van der Waals surface area contributed by atoms with Crippen LogP contribution in [0.4, 0.5) is 9.52 Å². The number of amides is 1. The van der Waals surface area contributed by atoms with E-state index in [1.807, 2.05) is 4.90 Å². The molecule has 33 heavy (non-hydrogen) atoms. The fourth-order valence-electron chi connectivity index (χ4n) is 4.32. The number of carbonyl (C=O) groups is 1. The highest BCUT2D eigenvalue weighted by molar-refractivity contribution is 7.91. The van der Waals surface area contributed by atoms with Crippen LogP contribution in [0.5, 0.6) is 0 Å². The Bertz CT molecular complexity index is 1290. The Morgan fingerprint density at radius 2 is 1.88 bits per heavy atom. The van der Waals surface area contributed by atoms with E-state index < -0.39 is 10.0 Å². The van der Waals surface area contributed by atoms with Crippen LogP contribution in [-0.4, -0.2) is 67.8 Å². The van der Waals surface area contributed by atoms with E-state index in [0.717, 1.165) is 26.7 Å². The van der Waals surface area contributed by atoms with E-state index in [-0.39, 0.29) is 28.4 Å². The van der Waals surface area contributed by atoms with Crippen molar-refractivity contribution in [1.82, 2.24) is 14.2 Å². The molecule has 0 bridgehead atoms. The van der Waals surface area contributed by atoms with Crippen LogP contribution in [0.2, 0.25) is 4.34 Å². The molecule has 4 heterocycles. The van der Waals surface area contributed by atoms with Crippen LogP contribution in [-0.2, 0) is 14.8 Å². The number of fused-ring (bicyclic) bond motifs is 1. The Kier molecular flexibility index (Phi) is 6.34. The first-order chi connectivity index (χ1) is 15.8. The Labute approximate surface area is 204 Å². The molecule has 0 spiro atoms. The number of hydrogen-bond donors (Lipinski definition) is 0. The summed E-state index contributed by atoms with van der Waals surface area (Å²) in [6.45, 7) is 2.97. The topological polar surface area (TPSA) is 73.8 Å². The monoisotopic (exact) mass is 528 g/mol. The fraction of sp³-hybridized carbons (Fsp3) is 0.429. The van der Waals surface area contributed by atoms with Gasteiger partial charge >= 0.3 is 0 Å². The average molecular weight is 529 g/mol. The molecule has 2 fully saturated rings. The van der Waals surface area contributed by atoms with E-state index in [9.17, 15) is 17.6 Å². The van der Waals surface area contributed by atoms with Gasteiger partial charge in [0.25, 0.3) is 10.0 Å². The number of piperazine rings is 1. The summed E-state index contributed by atoms with van der Waals surface area (Å²) < 4.78 is 42.2. The van der Waals surface area contributed by atoms with Crippen molar-refractivity contribution in [1.29, 1.82) is 0 Å². The molecular weight excluding hydrogens is 507 g/mol. The number of sulfonamides is 1. The number of thiophene rings is 1. The number of anilines is 1. The summed E-state index contributed by atoms with van der Waals surface area (Å²) in [5, 5.41) is 0.826. The summed E-state index contributed by atoms with van der Waals surface area (Å²) in [4.78, 5) is 21.7. The van der Waals surface area contributed by atoms with Crippen molar-refractivity contribution in [2.45, 2.75) is 17.1 Å². The standard InChI is InChI=1S/C21H22ClFN4O3S3/c22-18-5-6-19(32-18)33(29,30)27-7-1-2-14(13-27)20(28)25-8-10-26(11-9-25)21-24-16-4-3-15(23)12-17(16)31-21/h3-6,12,14H,1-2,7-11,13H2. The maximum atomic E-state index is 13.5. The van der Waals surface area contributed by atoms with Gasteiger partial charge in [-0.3, -0.25) is 4.79 Å². The number of thiazole rings is 1. The molecule has 0 aliphatic carbocycles. The van der Waals surface area contributed by atoms with Crippen LogP contribution >= 0.6 is 34.3 Å². The van der Waals surface area contributed by atoms with E-state index in [1.54, 1.807) is 12.1 Å². The summed E-state index contributed by atoms with van der Waals surface area (Å²) in [5.41, 5.74) is 0.769. The zero-order valence-corrected chi connectivity index (χ0v) is 20.8. The second-order valence-electron chi connectivity index (χ2n) is 8.18. The van der Waals surface area contributed by atoms with Gasteiger partial charge in [-0.25, -0.2) is 17.8 Å². The average Bonchev–Trinajstić information content (AvgIpc) is 3.45. The van der Waals surface area contributed by atoms with Gasteiger partial charge in [-0.15, -0.1) is 11.3 Å². The number of rotatable bonds is 4. The summed E-state index contributed by atoms with van der Waals surface area (Å²) in [6.07, 6.45) is 1.33.